The molecule has 0 amide bonds. The zero-order valence-corrected chi connectivity index (χ0v) is 11.6. The van der Waals surface area contributed by atoms with Crippen molar-refractivity contribution >= 4 is 0 Å². The quantitative estimate of drug-likeness (QED) is 0.869. The number of pyridine rings is 1. The number of aromatic nitrogens is 1. The molecule has 19 heavy (non-hydrogen) atoms. The molecule has 0 aromatic carbocycles. The number of nitrogens with zero attached hydrogens (tertiary/aromatic N) is 2. The molecule has 106 valence electrons. The fourth-order valence-corrected chi connectivity index (χ4v) is 2.37. The number of rotatable bonds is 5. The second-order valence-corrected chi connectivity index (χ2v) is 4.81. The van der Waals surface area contributed by atoms with Crippen molar-refractivity contribution < 1.29 is 14.6 Å². The lowest BCUT2D eigenvalue weighted by atomic mass is 10.0. The number of hydrogen-bond donors (Lipinski definition) is 1. The van der Waals surface area contributed by atoms with E-state index in [9.17, 15) is 5.11 Å². The summed E-state index contributed by atoms with van der Waals surface area (Å²) in [5.74, 6) is 0.651. The number of aliphatic hydroxyl groups excluding tert-OH is 1. The molecule has 1 aliphatic heterocycles. The lowest BCUT2D eigenvalue weighted by Crippen LogP contribution is -2.45. The van der Waals surface area contributed by atoms with Gasteiger partial charge in [-0.15, -0.1) is 0 Å². The molecule has 2 atom stereocenters. The fourth-order valence-electron chi connectivity index (χ4n) is 2.37. The van der Waals surface area contributed by atoms with Crippen LogP contribution < -0.4 is 4.74 Å². The highest BCUT2D eigenvalue weighted by molar-refractivity contribution is 5.25. The van der Waals surface area contributed by atoms with Gasteiger partial charge in [-0.3, -0.25) is 9.88 Å². The molecule has 5 nitrogen and oxygen atoms in total. The van der Waals surface area contributed by atoms with Crippen molar-refractivity contribution in [3.8, 4) is 5.75 Å². The zero-order valence-electron chi connectivity index (χ0n) is 11.6. The van der Waals surface area contributed by atoms with Gasteiger partial charge in [0.1, 0.15) is 18.0 Å². The van der Waals surface area contributed by atoms with Gasteiger partial charge in [0, 0.05) is 24.8 Å². The molecule has 1 saturated heterocycles. The Morgan fingerprint density at radius 1 is 1.58 bits per heavy atom. The summed E-state index contributed by atoms with van der Waals surface area (Å²) < 4.78 is 10.8. The number of ether oxygens (including phenoxy) is 2. The van der Waals surface area contributed by atoms with Crippen LogP contribution in [0.15, 0.2) is 18.5 Å². The van der Waals surface area contributed by atoms with E-state index in [4.69, 9.17) is 9.47 Å². The van der Waals surface area contributed by atoms with Gasteiger partial charge in [0.2, 0.25) is 0 Å². The Morgan fingerprint density at radius 3 is 3.16 bits per heavy atom. The fraction of sp³-hybridized carbons (Fsp3) is 0.643. The van der Waals surface area contributed by atoms with E-state index in [0.29, 0.717) is 12.4 Å². The molecule has 0 aliphatic carbocycles. The minimum Gasteiger partial charge on any atom is -0.495 e. The van der Waals surface area contributed by atoms with Crippen molar-refractivity contribution in [2.75, 3.05) is 33.4 Å². The third kappa shape index (κ3) is 3.65. The average Bonchev–Trinajstić information content (AvgIpc) is 2.47. The van der Waals surface area contributed by atoms with Gasteiger partial charge in [-0.2, -0.15) is 0 Å². The summed E-state index contributed by atoms with van der Waals surface area (Å²) in [6.07, 6.45) is 3.54. The first kappa shape index (κ1) is 14.2. The smallest absolute Gasteiger partial charge is 0.137 e. The summed E-state index contributed by atoms with van der Waals surface area (Å²) >= 11 is 0. The maximum Gasteiger partial charge on any atom is 0.137 e. The Morgan fingerprint density at radius 2 is 2.42 bits per heavy atom. The topological polar surface area (TPSA) is 54.8 Å². The highest BCUT2D eigenvalue weighted by atomic mass is 16.5. The predicted molar refractivity (Wildman–Crippen MR) is 72.2 cm³/mol. The molecule has 1 fully saturated rings. The van der Waals surface area contributed by atoms with E-state index in [1.165, 1.54) is 0 Å². The Labute approximate surface area is 114 Å². The molecule has 1 N–H and O–H groups in total. The van der Waals surface area contributed by atoms with Crippen LogP contribution in [0.25, 0.3) is 0 Å². The van der Waals surface area contributed by atoms with Gasteiger partial charge in [0.05, 0.1) is 19.9 Å². The van der Waals surface area contributed by atoms with Crippen LogP contribution in [-0.4, -0.2) is 54.4 Å². The minimum atomic E-state index is -0.665. The Balaban J connectivity index is 2.03. The van der Waals surface area contributed by atoms with Gasteiger partial charge in [0.15, 0.2) is 0 Å². The van der Waals surface area contributed by atoms with E-state index < -0.39 is 6.10 Å². The van der Waals surface area contributed by atoms with E-state index in [-0.39, 0.29) is 6.10 Å². The molecule has 0 spiro atoms. The largest absolute Gasteiger partial charge is 0.495 e. The van der Waals surface area contributed by atoms with Crippen LogP contribution >= 0.6 is 0 Å². The van der Waals surface area contributed by atoms with E-state index in [1.54, 1.807) is 25.6 Å². The van der Waals surface area contributed by atoms with Gasteiger partial charge in [-0.05, 0) is 19.0 Å². The summed E-state index contributed by atoms with van der Waals surface area (Å²) in [4.78, 5) is 6.40. The van der Waals surface area contributed by atoms with Crippen LogP contribution in [0.4, 0.5) is 0 Å². The molecule has 2 rings (SSSR count). The van der Waals surface area contributed by atoms with Crippen LogP contribution in [0.5, 0.6) is 5.75 Å². The maximum atomic E-state index is 10.4. The van der Waals surface area contributed by atoms with Crippen LogP contribution in [0, 0.1) is 0 Å². The number of hydrogen-bond acceptors (Lipinski definition) is 5. The molecule has 1 aromatic heterocycles. The van der Waals surface area contributed by atoms with Crippen LogP contribution in [0.2, 0.25) is 0 Å². The second kappa shape index (κ2) is 6.84. The first-order chi connectivity index (χ1) is 9.24. The van der Waals surface area contributed by atoms with Crippen LogP contribution in [-0.2, 0) is 4.74 Å². The Kier molecular flexibility index (Phi) is 5.13. The van der Waals surface area contributed by atoms with E-state index in [2.05, 4.69) is 16.8 Å². The molecule has 5 heteroatoms. The van der Waals surface area contributed by atoms with Gasteiger partial charge in [-0.25, -0.2) is 0 Å². The normalized spacial score (nSPS) is 22.2. The van der Waals surface area contributed by atoms with E-state index >= 15 is 0 Å². The molecule has 2 heterocycles. The highest BCUT2D eigenvalue weighted by Gasteiger charge is 2.27. The number of aliphatic hydroxyl groups is 1. The average molecular weight is 266 g/mol. The van der Waals surface area contributed by atoms with Crippen molar-refractivity contribution in [3.05, 3.63) is 24.0 Å². The number of morpholine rings is 1. The highest BCUT2D eigenvalue weighted by Crippen LogP contribution is 2.24. The predicted octanol–water partition coefficient (Wildman–Crippen LogP) is 1.23. The minimum absolute atomic E-state index is 0.200. The summed E-state index contributed by atoms with van der Waals surface area (Å²) in [5.41, 5.74) is 0.739. The molecular weight excluding hydrogens is 244 g/mol. The molecule has 1 aliphatic rings. The molecular formula is C14H22N2O3. The van der Waals surface area contributed by atoms with Crippen molar-refractivity contribution in [2.24, 2.45) is 0 Å². The van der Waals surface area contributed by atoms with Gasteiger partial charge in [-0.1, -0.05) is 6.92 Å². The van der Waals surface area contributed by atoms with Gasteiger partial charge in [0.25, 0.3) is 0 Å². The third-order valence-corrected chi connectivity index (χ3v) is 3.38. The van der Waals surface area contributed by atoms with Gasteiger partial charge < -0.3 is 14.6 Å². The molecule has 0 bridgehead atoms. The van der Waals surface area contributed by atoms with Crippen molar-refractivity contribution in [3.63, 3.8) is 0 Å². The summed E-state index contributed by atoms with van der Waals surface area (Å²) in [6, 6.07) is 1.81. The first-order valence-electron chi connectivity index (χ1n) is 6.75. The van der Waals surface area contributed by atoms with Crippen molar-refractivity contribution in [1.82, 2.24) is 9.88 Å². The second-order valence-electron chi connectivity index (χ2n) is 4.81. The van der Waals surface area contributed by atoms with Crippen molar-refractivity contribution in [1.29, 1.82) is 0 Å². The molecule has 1 aromatic rings. The SMILES string of the molecule is CCCN1CCOC(C(O)c2cncc(OC)c2)C1. The summed E-state index contributed by atoms with van der Waals surface area (Å²) in [7, 11) is 1.59. The number of methoxy groups -OCH3 is 1. The lowest BCUT2D eigenvalue weighted by Gasteiger charge is -2.35. The van der Waals surface area contributed by atoms with E-state index in [1.807, 2.05) is 0 Å². The monoisotopic (exact) mass is 266 g/mol. The Hall–Kier alpha value is -1.17. The summed E-state index contributed by atoms with van der Waals surface area (Å²) in [6.45, 7) is 5.56. The molecule has 0 radical (unpaired) electrons. The lowest BCUT2D eigenvalue weighted by molar-refractivity contribution is -0.0899. The summed E-state index contributed by atoms with van der Waals surface area (Å²) in [5, 5.41) is 10.4. The first-order valence-corrected chi connectivity index (χ1v) is 6.75. The standard InChI is InChI=1S/C14H22N2O3/c1-3-4-16-5-6-19-13(10-16)14(17)11-7-12(18-2)9-15-8-11/h7-9,13-14,17H,3-6,10H2,1-2H3. The third-order valence-electron chi connectivity index (χ3n) is 3.38. The zero-order chi connectivity index (χ0) is 13.7. The van der Waals surface area contributed by atoms with Gasteiger partial charge >= 0.3 is 0 Å². The van der Waals surface area contributed by atoms with Crippen molar-refractivity contribution in [2.45, 2.75) is 25.6 Å². The molecule has 2 unspecified atom stereocenters. The van der Waals surface area contributed by atoms with E-state index in [0.717, 1.165) is 31.6 Å². The van der Waals surface area contributed by atoms with Crippen LogP contribution in [0.1, 0.15) is 25.0 Å². The maximum absolute atomic E-state index is 10.4. The van der Waals surface area contributed by atoms with Crippen LogP contribution in [0.3, 0.4) is 0 Å². The molecule has 0 saturated carbocycles. The Bertz CT molecular complexity index is 398.